The maximum atomic E-state index is 9.26. The van der Waals surface area contributed by atoms with Gasteiger partial charge in [0.2, 0.25) is 0 Å². The van der Waals surface area contributed by atoms with Crippen LogP contribution in [0.5, 0.6) is 0 Å². The van der Waals surface area contributed by atoms with E-state index in [0.717, 1.165) is 52.4 Å². The molecule has 32 heavy (non-hydrogen) atoms. The lowest BCUT2D eigenvalue weighted by atomic mass is 9.87. The zero-order chi connectivity index (χ0) is 22.3. The normalized spacial score (nSPS) is 11.8. The SMILES string of the molecule is N#Cc1ccc(C(=C(CCCCCl)c2ccc(Cl)cc2)c2cnc3ccccc3c2)cc1. The van der Waals surface area contributed by atoms with Crippen molar-refractivity contribution < 1.29 is 0 Å². The summed E-state index contributed by atoms with van der Waals surface area (Å²) in [5.74, 6) is 0.637. The Morgan fingerprint density at radius 2 is 1.56 bits per heavy atom. The van der Waals surface area contributed by atoms with Crippen molar-refractivity contribution in [1.29, 1.82) is 5.26 Å². The van der Waals surface area contributed by atoms with Crippen molar-refractivity contribution in [3.05, 3.63) is 112 Å². The molecule has 0 spiro atoms. The molecule has 158 valence electrons. The van der Waals surface area contributed by atoms with E-state index in [1.165, 1.54) is 5.57 Å². The maximum absolute atomic E-state index is 9.26. The molecule has 0 aliphatic rings. The van der Waals surface area contributed by atoms with Crippen LogP contribution in [0, 0.1) is 11.3 Å². The van der Waals surface area contributed by atoms with Crippen LogP contribution in [0.3, 0.4) is 0 Å². The van der Waals surface area contributed by atoms with Gasteiger partial charge in [0.1, 0.15) is 0 Å². The molecule has 4 aromatic rings. The highest BCUT2D eigenvalue weighted by Crippen LogP contribution is 2.36. The van der Waals surface area contributed by atoms with Crippen molar-refractivity contribution in [3.63, 3.8) is 0 Å². The Morgan fingerprint density at radius 3 is 2.28 bits per heavy atom. The van der Waals surface area contributed by atoms with Gasteiger partial charge in [-0.15, -0.1) is 11.6 Å². The Labute approximate surface area is 198 Å². The maximum Gasteiger partial charge on any atom is 0.0991 e. The lowest BCUT2D eigenvalue weighted by Gasteiger charge is -2.18. The third-order valence-electron chi connectivity index (χ3n) is 5.49. The van der Waals surface area contributed by atoms with E-state index in [1.807, 2.05) is 60.8 Å². The predicted molar refractivity (Wildman–Crippen MR) is 135 cm³/mol. The highest BCUT2D eigenvalue weighted by atomic mass is 35.5. The Morgan fingerprint density at radius 1 is 0.844 bits per heavy atom. The van der Waals surface area contributed by atoms with Gasteiger partial charge in [-0.3, -0.25) is 4.98 Å². The topological polar surface area (TPSA) is 36.7 Å². The highest BCUT2D eigenvalue weighted by molar-refractivity contribution is 6.30. The average Bonchev–Trinajstić information content (AvgIpc) is 2.84. The molecule has 0 amide bonds. The number of alkyl halides is 1. The molecule has 2 nitrogen and oxygen atoms in total. The molecular formula is C28H22Cl2N2. The Bertz CT molecular complexity index is 1280. The van der Waals surface area contributed by atoms with E-state index < -0.39 is 0 Å². The summed E-state index contributed by atoms with van der Waals surface area (Å²) in [4.78, 5) is 4.72. The lowest BCUT2D eigenvalue weighted by molar-refractivity contribution is 0.830. The van der Waals surface area contributed by atoms with Gasteiger partial charge in [0.05, 0.1) is 17.1 Å². The third-order valence-corrected chi connectivity index (χ3v) is 6.01. The van der Waals surface area contributed by atoms with Crippen LogP contribution < -0.4 is 0 Å². The van der Waals surface area contributed by atoms with Gasteiger partial charge in [-0.05, 0) is 77.9 Å². The number of nitriles is 1. The Kier molecular flexibility index (Phi) is 7.22. The van der Waals surface area contributed by atoms with Gasteiger partial charge in [-0.1, -0.05) is 54.1 Å². The van der Waals surface area contributed by atoms with Crippen LogP contribution in [0.1, 0.15) is 41.5 Å². The number of hydrogen-bond acceptors (Lipinski definition) is 2. The first-order valence-electron chi connectivity index (χ1n) is 10.6. The molecule has 0 atom stereocenters. The average molecular weight is 457 g/mol. The smallest absolute Gasteiger partial charge is 0.0991 e. The van der Waals surface area contributed by atoms with Crippen LogP contribution in [0.25, 0.3) is 22.0 Å². The number of halogens is 2. The summed E-state index contributed by atoms with van der Waals surface area (Å²) in [6, 6.07) is 28.3. The van der Waals surface area contributed by atoms with Crippen LogP contribution in [-0.4, -0.2) is 10.9 Å². The van der Waals surface area contributed by atoms with E-state index in [-0.39, 0.29) is 0 Å². The van der Waals surface area contributed by atoms with Crippen LogP contribution in [0.2, 0.25) is 5.02 Å². The fourth-order valence-electron chi connectivity index (χ4n) is 3.90. The molecular weight excluding hydrogens is 435 g/mol. The van der Waals surface area contributed by atoms with E-state index in [9.17, 15) is 5.26 Å². The lowest BCUT2D eigenvalue weighted by Crippen LogP contribution is -1.98. The number of unbranched alkanes of at least 4 members (excludes halogenated alkanes) is 1. The molecule has 3 aromatic carbocycles. The quantitative estimate of drug-likeness (QED) is 0.160. The van der Waals surface area contributed by atoms with Crippen molar-refractivity contribution in [2.45, 2.75) is 19.3 Å². The number of allylic oxidation sites excluding steroid dienone is 1. The molecule has 0 fully saturated rings. The molecule has 0 radical (unpaired) electrons. The van der Waals surface area contributed by atoms with Gasteiger partial charge in [0.15, 0.2) is 0 Å². The van der Waals surface area contributed by atoms with Crippen LogP contribution >= 0.6 is 23.2 Å². The number of rotatable bonds is 7. The van der Waals surface area contributed by atoms with Crippen molar-refractivity contribution >= 4 is 45.3 Å². The zero-order valence-corrected chi connectivity index (χ0v) is 19.1. The van der Waals surface area contributed by atoms with Gasteiger partial charge < -0.3 is 0 Å². The second-order valence-electron chi connectivity index (χ2n) is 7.61. The molecule has 0 aliphatic carbocycles. The van der Waals surface area contributed by atoms with Crippen molar-refractivity contribution in [2.24, 2.45) is 0 Å². The van der Waals surface area contributed by atoms with Gasteiger partial charge >= 0.3 is 0 Å². The molecule has 1 aromatic heterocycles. The summed E-state index contributed by atoms with van der Waals surface area (Å²) in [5.41, 5.74) is 7.15. The van der Waals surface area contributed by atoms with E-state index in [2.05, 4.69) is 30.3 Å². The van der Waals surface area contributed by atoms with E-state index in [4.69, 9.17) is 28.2 Å². The van der Waals surface area contributed by atoms with Gasteiger partial charge in [-0.2, -0.15) is 5.26 Å². The molecule has 1 heterocycles. The number of benzene rings is 3. The monoisotopic (exact) mass is 456 g/mol. The molecule has 0 saturated carbocycles. The minimum atomic E-state index is 0.637. The minimum Gasteiger partial charge on any atom is -0.256 e. The number of fused-ring (bicyclic) bond motifs is 1. The molecule has 0 N–H and O–H groups in total. The molecule has 0 aliphatic heterocycles. The third kappa shape index (κ3) is 5.02. The summed E-state index contributed by atoms with van der Waals surface area (Å²) in [5, 5.41) is 11.1. The summed E-state index contributed by atoms with van der Waals surface area (Å²) in [7, 11) is 0. The number of hydrogen-bond donors (Lipinski definition) is 0. The minimum absolute atomic E-state index is 0.637. The first kappa shape index (κ1) is 22.1. The highest BCUT2D eigenvalue weighted by Gasteiger charge is 2.15. The number of nitrogens with zero attached hydrogens (tertiary/aromatic N) is 2. The summed E-state index contributed by atoms with van der Waals surface area (Å²) >= 11 is 12.2. The molecule has 4 heteroatoms. The fraction of sp³-hybridized carbons (Fsp3) is 0.143. The van der Waals surface area contributed by atoms with Crippen molar-refractivity contribution in [2.75, 3.05) is 5.88 Å². The predicted octanol–water partition coefficient (Wildman–Crippen LogP) is 8.13. The second-order valence-corrected chi connectivity index (χ2v) is 8.43. The van der Waals surface area contributed by atoms with Crippen LogP contribution in [0.15, 0.2) is 85.1 Å². The van der Waals surface area contributed by atoms with Gasteiger partial charge in [0, 0.05) is 28.0 Å². The second kappa shape index (κ2) is 10.5. The largest absolute Gasteiger partial charge is 0.256 e. The molecule has 0 unspecified atom stereocenters. The van der Waals surface area contributed by atoms with Crippen molar-refractivity contribution in [1.82, 2.24) is 4.98 Å². The van der Waals surface area contributed by atoms with Gasteiger partial charge in [-0.25, -0.2) is 0 Å². The first-order valence-corrected chi connectivity index (χ1v) is 11.5. The van der Waals surface area contributed by atoms with Crippen molar-refractivity contribution in [3.8, 4) is 6.07 Å². The van der Waals surface area contributed by atoms with Crippen LogP contribution in [-0.2, 0) is 0 Å². The zero-order valence-electron chi connectivity index (χ0n) is 17.6. The van der Waals surface area contributed by atoms with E-state index >= 15 is 0 Å². The Balaban J connectivity index is 1.96. The first-order chi connectivity index (χ1) is 15.7. The summed E-state index contributed by atoms with van der Waals surface area (Å²) in [6.45, 7) is 0. The van der Waals surface area contributed by atoms with E-state index in [1.54, 1.807) is 0 Å². The summed E-state index contributed by atoms with van der Waals surface area (Å²) in [6.07, 6.45) is 4.72. The van der Waals surface area contributed by atoms with Crippen LogP contribution in [0.4, 0.5) is 0 Å². The number of pyridine rings is 1. The van der Waals surface area contributed by atoms with E-state index in [0.29, 0.717) is 16.5 Å². The number of aromatic nitrogens is 1. The number of para-hydroxylation sites is 1. The molecule has 0 bridgehead atoms. The summed E-state index contributed by atoms with van der Waals surface area (Å²) < 4.78 is 0. The standard InChI is InChI=1S/C28H22Cl2N2/c29-16-4-3-6-26(21-12-14-25(30)15-13-21)28(22-10-8-20(18-31)9-11-22)24-17-23-5-1-2-7-27(23)32-19-24/h1-2,5,7-15,17,19H,3-4,6,16H2. The molecule has 4 rings (SSSR count). The van der Waals surface area contributed by atoms with Gasteiger partial charge in [0.25, 0.3) is 0 Å². The molecule has 0 saturated heterocycles. The Hall–Kier alpha value is -3.12. The fourth-order valence-corrected chi connectivity index (χ4v) is 4.21.